The highest BCUT2D eigenvalue weighted by atomic mass is 16.3. The topological polar surface area (TPSA) is 25.8 Å². The van der Waals surface area contributed by atoms with Crippen LogP contribution in [0.5, 0.6) is 0 Å². The van der Waals surface area contributed by atoms with E-state index in [1.54, 1.807) is 0 Å². The highest BCUT2D eigenvalue weighted by Gasteiger charge is 2.53. The van der Waals surface area contributed by atoms with Crippen LogP contribution in [-0.4, -0.2) is 4.57 Å². The van der Waals surface area contributed by atoms with Crippen molar-refractivity contribution in [2.45, 2.75) is 96.7 Å². The minimum absolute atomic E-state index is 0.0350. The van der Waals surface area contributed by atoms with Crippen LogP contribution in [0.1, 0.15) is 102 Å². The Balaban J connectivity index is 1.32. The lowest BCUT2D eigenvalue weighted by atomic mass is 9.64. The third kappa shape index (κ3) is 4.03. The van der Waals surface area contributed by atoms with E-state index in [0.29, 0.717) is 6.04 Å². The number of fused-ring (bicyclic) bond motifs is 10. The minimum Gasteiger partial charge on any atom is -0.455 e. The second-order valence-electron chi connectivity index (χ2n) is 13.6. The van der Waals surface area contributed by atoms with E-state index >= 15 is 0 Å². The van der Waals surface area contributed by atoms with Crippen LogP contribution in [0.2, 0.25) is 0 Å². The Morgan fingerprint density at radius 2 is 1.67 bits per heavy atom. The Kier molecular flexibility index (Phi) is 6.74. The number of aryl methyl sites for hydroxylation is 1. The highest BCUT2D eigenvalue weighted by molar-refractivity contribution is 6.10. The number of hydrogen-bond donors (Lipinski definition) is 0. The first kappa shape index (κ1) is 28.3. The molecule has 0 radical (unpaired) electrons. The van der Waals surface area contributed by atoms with Crippen LogP contribution < -0.4 is 9.13 Å². The van der Waals surface area contributed by atoms with Gasteiger partial charge in [-0.15, -0.1) is 0 Å². The molecule has 2 aliphatic heterocycles. The van der Waals surface area contributed by atoms with E-state index in [0.717, 1.165) is 36.8 Å². The molecule has 0 N–H and O–H groups in total. The Morgan fingerprint density at radius 3 is 2.47 bits per heavy atom. The summed E-state index contributed by atoms with van der Waals surface area (Å²) in [6.07, 6.45) is 13.6. The summed E-state index contributed by atoms with van der Waals surface area (Å²) in [6, 6.07) is 28.4. The molecular weight excluding hydrogens is 550 g/mol. The number of furan rings is 1. The average Bonchev–Trinajstić information content (AvgIpc) is 3.75. The van der Waals surface area contributed by atoms with Gasteiger partial charge in [0.2, 0.25) is 5.69 Å². The standard InChI is InChI=1S/C41H45N3O/c1-6-9-14-28-18-19-30-31-20-21-33-38(39(31)45-36(30)25-28)34-17-12-13-22-43(34)37(41(33,7-2)8-3)26-35-29-15-10-11-16-32(29)40-42(27(4)5)23-24-44(35)40/h10-13,15-25,27,35,37H,6-9,14,26H2,1-5H3/q+2. The van der Waals surface area contributed by atoms with E-state index < -0.39 is 0 Å². The second-order valence-corrected chi connectivity index (χ2v) is 13.6. The van der Waals surface area contributed by atoms with Gasteiger partial charge in [-0.25, -0.2) is 9.13 Å². The molecule has 2 atom stereocenters. The largest absolute Gasteiger partial charge is 0.455 e. The quantitative estimate of drug-likeness (QED) is 0.161. The maximum atomic E-state index is 6.88. The molecule has 5 heterocycles. The van der Waals surface area contributed by atoms with Crippen LogP contribution in [0.4, 0.5) is 0 Å². The van der Waals surface area contributed by atoms with Gasteiger partial charge in [-0.3, -0.25) is 0 Å². The Labute approximate surface area is 267 Å². The molecule has 3 aromatic heterocycles. The lowest BCUT2D eigenvalue weighted by Gasteiger charge is -2.41. The van der Waals surface area contributed by atoms with Gasteiger partial charge in [-0.2, -0.15) is 4.57 Å². The first-order valence-corrected chi connectivity index (χ1v) is 17.2. The number of unbranched alkanes of at least 4 members (excludes halogenated alkanes) is 1. The van der Waals surface area contributed by atoms with Crippen molar-refractivity contribution in [3.8, 4) is 22.6 Å². The number of hydrogen-bond acceptors (Lipinski definition) is 1. The van der Waals surface area contributed by atoms with Gasteiger partial charge in [0.15, 0.2) is 12.2 Å². The fourth-order valence-electron chi connectivity index (χ4n) is 8.87. The summed E-state index contributed by atoms with van der Waals surface area (Å²) in [6.45, 7) is 11.6. The van der Waals surface area contributed by atoms with E-state index in [1.807, 2.05) is 0 Å². The van der Waals surface area contributed by atoms with E-state index in [-0.39, 0.29) is 17.5 Å². The van der Waals surface area contributed by atoms with Crippen molar-refractivity contribution < 1.29 is 13.6 Å². The smallest absolute Gasteiger partial charge is 0.290 e. The van der Waals surface area contributed by atoms with Crippen molar-refractivity contribution in [2.75, 3.05) is 0 Å². The van der Waals surface area contributed by atoms with Gasteiger partial charge in [0.05, 0.1) is 29.0 Å². The van der Waals surface area contributed by atoms with E-state index in [4.69, 9.17) is 4.42 Å². The molecule has 0 fully saturated rings. The SMILES string of the molecule is CCCCc1ccc2c(c1)oc1c3c(ccc12)C(CC)(CC)C(CC1c2ccccc2-c2n(C(C)C)cc[n+]21)[n+]1ccccc1-3. The average molecular weight is 596 g/mol. The van der Waals surface area contributed by atoms with Crippen molar-refractivity contribution in [3.05, 3.63) is 108 Å². The van der Waals surface area contributed by atoms with E-state index in [1.165, 1.54) is 62.9 Å². The number of pyridine rings is 1. The van der Waals surface area contributed by atoms with Crippen LogP contribution in [-0.2, 0) is 11.8 Å². The van der Waals surface area contributed by atoms with Gasteiger partial charge in [-0.05, 0) is 68.9 Å². The van der Waals surface area contributed by atoms with Crippen molar-refractivity contribution in [2.24, 2.45) is 0 Å². The molecule has 0 saturated carbocycles. The summed E-state index contributed by atoms with van der Waals surface area (Å²) in [4.78, 5) is 0. The Bertz CT molecular complexity index is 2060. The predicted octanol–water partition coefficient (Wildman–Crippen LogP) is 9.83. The van der Waals surface area contributed by atoms with Gasteiger partial charge in [0.25, 0.3) is 5.82 Å². The van der Waals surface area contributed by atoms with Gasteiger partial charge in [-0.1, -0.05) is 69.7 Å². The normalized spacial score (nSPS) is 17.9. The van der Waals surface area contributed by atoms with Crippen LogP contribution in [0.15, 0.2) is 95.8 Å². The van der Waals surface area contributed by atoms with Crippen LogP contribution in [0, 0.1) is 0 Å². The molecule has 8 rings (SSSR count). The second kappa shape index (κ2) is 10.7. The summed E-state index contributed by atoms with van der Waals surface area (Å²) in [5.74, 6) is 1.33. The molecule has 228 valence electrons. The molecule has 0 aliphatic carbocycles. The van der Waals surface area contributed by atoms with E-state index in [9.17, 15) is 0 Å². The Hall–Kier alpha value is -4.18. The monoisotopic (exact) mass is 595 g/mol. The highest BCUT2D eigenvalue weighted by Crippen LogP contribution is 2.53. The molecule has 0 bridgehead atoms. The molecule has 2 aliphatic rings. The van der Waals surface area contributed by atoms with Crippen molar-refractivity contribution in [1.82, 2.24) is 4.57 Å². The van der Waals surface area contributed by atoms with Crippen molar-refractivity contribution >= 4 is 21.9 Å². The summed E-state index contributed by atoms with van der Waals surface area (Å²) in [5, 5.41) is 2.44. The maximum absolute atomic E-state index is 6.88. The van der Waals surface area contributed by atoms with Crippen LogP contribution in [0.3, 0.4) is 0 Å². The van der Waals surface area contributed by atoms with Gasteiger partial charge < -0.3 is 4.42 Å². The van der Waals surface area contributed by atoms with Gasteiger partial charge in [0, 0.05) is 28.5 Å². The summed E-state index contributed by atoms with van der Waals surface area (Å²) in [5.41, 5.74) is 10.2. The first-order chi connectivity index (χ1) is 22.0. The van der Waals surface area contributed by atoms with Crippen LogP contribution >= 0.6 is 0 Å². The minimum atomic E-state index is -0.0350. The molecule has 0 saturated heterocycles. The van der Waals surface area contributed by atoms with Crippen molar-refractivity contribution in [3.63, 3.8) is 0 Å². The molecule has 0 spiro atoms. The number of rotatable bonds is 8. The summed E-state index contributed by atoms with van der Waals surface area (Å²) >= 11 is 0. The zero-order valence-electron chi connectivity index (χ0n) is 27.4. The lowest BCUT2D eigenvalue weighted by Crippen LogP contribution is -2.57. The molecular formula is C41H45N3O+2. The van der Waals surface area contributed by atoms with E-state index in [2.05, 4.69) is 140 Å². The molecule has 3 aromatic carbocycles. The molecule has 0 amide bonds. The number of nitrogens with zero attached hydrogens (tertiary/aromatic N) is 3. The molecule has 2 unspecified atom stereocenters. The van der Waals surface area contributed by atoms with Gasteiger partial charge in [0.1, 0.15) is 29.6 Å². The zero-order chi connectivity index (χ0) is 30.9. The first-order valence-electron chi connectivity index (χ1n) is 17.2. The zero-order valence-corrected chi connectivity index (χ0v) is 27.4. The lowest BCUT2D eigenvalue weighted by molar-refractivity contribution is -0.748. The van der Waals surface area contributed by atoms with Gasteiger partial charge >= 0.3 is 0 Å². The molecule has 4 nitrogen and oxygen atoms in total. The number of imidazole rings is 1. The molecule has 45 heavy (non-hydrogen) atoms. The number of aromatic nitrogens is 3. The predicted molar refractivity (Wildman–Crippen MR) is 182 cm³/mol. The molecule has 4 heteroatoms. The summed E-state index contributed by atoms with van der Waals surface area (Å²) < 4.78 is 14.5. The van der Waals surface area contributed by atoms with Crippen molar-refractivity contribution in [1.29, 1.82) is 0 Å². The third-order valence-electron chi connectivity index (χ3n) is 11.2. The molecule has 6 aromatic rings. The summed E-state index contributed by atoms with van der Waals surface area (Å²) in [7, 11) is 0. The fraction of sp³-hybridized carbons (Fsp3) is 0.366. The number of benzene rings is 3. The fourth-order valence-corrected chi connectivity index (χ4v) is 8.87. The Morgan fingerprint density at radius 1 is 0.867 bits per heavy atom. The van der Waals surface area contributed by atoms with Crippen LogP contribution in [0.25, 0.3) is 44.6 Å². The third-order valence-corrected chi connectivity index (χ3v) is 11.2. The maximum Gasteiger partial charge on any atom is 0.290 e.